The Morgan fingerprint density at radius 3 is 3.21 bits per heavy atom. The molecule has 0 saturated carbocycles. The third-order valence-electron chi connectivity index (χ3n) is 3.24. The highest BCUT2D eigenvalue weighted by Gasteiger charge is 2.33. The first-order chi connectivity index (χ1) is 9.22. The van der Waals surface area contributed by atoms with Crippen molar-refractivity contribution in [1.29, 1.82) is 0 Å². The summed E-state index contributed by atoms with van der Waals surface area (Å²) in [4.78, 5) is 22.9. The molecule has 0 saturated heterocycles. The molecule has 6 heteroatoms. The van der Waals surface area contributed by atoms with Crippen LogP contribution in [-0.2, 0) is 0 Å². The van der Waals surface area contributed by atoms with Crippen LogP contribution in [-0.4, -0.2) is 42.6 Å². The van der Waals surface area contributed by atoms with Crippen LogP contribution in [0.15, 0.2) is 14.4 Å². The van der Waals surface area contributed by atoms with Gasteiger partial charge in [-0.15, -0.1) is 0 Å². The van der Waals surface area contributed by atoms with Gasteiger partial charge in [0.15, 0.2) is 0 Å². The lowest BCUT2D eigenvalue weighted by Crippen LogP contribution is -2.32. The zero-order valence-corrected chi connectivity index (χ0v) is 11.1. The van der Waals surface area contributed by atoms with Gasteiger partial charge in [0.05, 0.1) is 17.7 Å². The molecular formula is C13H16N4O2. The number of aliphatic imine (C=N–C) groups is 2. The summed E-state index contributed by atoms with van der Waals surface area (Å²) in [5, 5.41) is 2.88. The molecule has 1 aromatic heterocycles. The van der Waals surface area contributed by atoms with Gasteiger partial charge >= 0.3 is 0 Å². The standard InChI is InChI=1S/C13H16N4O2/c1-3-4-15-12(18)9-8(2)19-13-10(9)11-14-5-6-17(11)7-16-13/h7H,3-6H2,1-2H3,(H,15,18). The van der Waals surface area contributed by atoms with Gasteiger partial charge in [-0.1, -0.05) is 6.92 Å². The van der Waals surface area contributed by atoms with Gasteiger partial charge in [-0.05, 0) is 13.3 Å². The monoisotopic (exact) mass is 260 g/mol. The molecule has 0 radical (unpaired) electrons. The van der Waals surface area contributed by atoms with Crippen LogP contribution in [0.2, 0.25) is 0 Å². The lowest BCUT2D eigenvalue weighted by molar-refractivity contribution is 0.0952. The molecule has 0 fully saturated rings. The minimum Gasteiger partial charge on any atom is -0.442 e. The Labute approximate surface area is 111 Å². The van der Waals surface area contributed by atoms with Crippen molar-refractivity contribution in [3.63, 3.8) is 0 Å². The van der Waals surface area contributed by atoms with Crippen molar-refractivity contribution in [3.05, 3.63) is 16.9 Å². The smallest absolute Gasteiger partial charge is 0.255 e. The number of carbonyl (C=O) groups is 1. The normalized spacial score (nSPS) is 16.1. The van der Waals surface area contributed by atoms with Crippen molar-refractivity contribution in [3.8, 4) is 0 Å². The molecule has 0 unspecified atom stereocenters. The number of fused-ring (bicyclic) bond motifs is 3. The number of nitrogens with zero attached hydrogens (tertiary/aromatic N) is 3. The number of amidine groups is 1. The maximum absolute atomic E-state index is 12.2. The van der Waals surface area contributed by atoms with Crippen molar-refractivity contribution in [2.75, 3.05) is 19.6 Å². The second-order valence-electron chi connectivity index (χ2n) is 4.61. The van der Waals surface area contributed by atoms with E-state index in [1.807, 2.05) is 11.8 Å². The van der Waals surface area contributed by atoms with E-state index in [4.69, 9.17) is 4.42 Å². The predicted molar refractivity (Wildman–Crippen MR) is 72.3 cm³/mol. The Morgan fingerprint density at radius 1 is 1.58 bits per heavy atom. The second kappa shape index (κ2) is 4.53. The molecule has 6 nitrogen and oxygen atoms in total. The summed E-state index contributed by atoms with van der Waals surface area (Å²) in [7, 11) is 0. The maximum Gasteiger partial charge on any atom is 0.255 e. The number of hydrogen-bond acceptors (Lipinski definition) is 5. The Bertz CT molecular complexity index is 586. The number of rotatable bonds is 3. The summed E-state index contributed by atoms with van der Waals surface area (Å²) in [6.07, 6.45) is 2.61. The minimum absolute atomic E-state index is 0.115. The summed E-state index contributed by atoms with van der Waals surface area (Å²) in [5.74, 6) is 1.75. The molecule has 0 bridgehead atoms. The zero-order valence-electron chi connectivity index (χ0n) is 11.1. The van der Waals surface area contributed by atoms with Gasteiger partial charge < -0.3 is 14.6 Å². The molecule has 1 amide bonds. The quantitative estimate of drug-likeness (QED) is 0.894. The van der Waals surface area contributed by atoms with Crippen LogP contribution >= 0.6 is 0 Å². The first-order valence-corrected chi connectivity index (χ1v) is 6.49. The van der Waals surface area contributed by atoms with E-state index in [1.165, 1.54) is 0 Å². The van der Waals surface area contributed by atoms with Crippen molar-refractivity contribution in [2.24, 2.45) is 9.98 Å². The van der Waals surface area contributed by atoms with Crippen LogP contribution in [0.3, 0.4) is 0 Å². The molecule has 0 aromatic carbocycles. The van der Waals surface area contributed by atoms with Gasteiger partial charge in [0, 0.05) is 13.1 Å². The predicted octanol–water partition coefficient (Wildman–Crippen LogP) is 1.46. The Hall–Kier alpha value is -2.11. The lowest BCUT2D eigenvalue weighted by Gasteiger charge is -2.18. The Morgan fingerprint density at radius 2 is 2.42 bits per heavy atom. The van der Waals surface area contributed by atoms with Gasteiger partial charge in [-0.25, -0.2) is 4.99 Å². The Kier molecular flexibility index (Phi) is 2.85. The highest BCUT2D eigenvalue weighted by molar-refractivity contribution is 6.17. The molecule has 1 aromatic rings. The van der Waals surface area contributed by atoms with E-state index >= 15 is 0 Å². The third kappa shape index (κ3) is 1.83. The van der Waals surface area contributed by atoms with Crippen molar-refractivity contribution in [2.45, 2.75) is 20.3 Å². The number of nitrogens with one attached hydrogen (secondary N) is 1. The van der Waals surface area contributed by atoms with Crippen molar-refractivity contribution < 1.29 is 9.21 Å². The number of carbonyl (C=O) groups excluding carboxylic acids is 1. The highest BCUT2D eigenvalue weighted by Crippen LogP contribution is 2.34. The average Bonchev–Trinajstić information content (AvgIpc) is 2.98. The van der Waals surface area contributed by atoms with E-state index in [0.717, 1.165) is 30.9 Å². The maximum atomic E-state index is 12.2. The molecule has 3 heterocycles. The number of furan rings is 1. The van der Waals surface area contributed by atoms with Gasteiger partial charge in [0.1, 0.15) is 17.9 Å². The molecule has 19 heavy (non-hydrogen) atoms. The average molecular weight is 260 g/mol. The van der Waals surface area contributed by atoms with Crippen LogP contribution in [0.4, 0.5) is 5.88 Å². The lowest BCUT2D eigenvalue weighted by atomic mass is 10.1. The van der Waals surface area contributed by atoms with E-state index in [0.29, 0.717) is 23.8 Å². The molecule has 2 aliphatic rings. The fourth-order valence-electron chi connectivity index (χ4n) is 2.35. The van der Waals surface area contributed by atoms with Crippen LogP contribution in [0, 0.1) is 6.92 Å². The van der Waals surface area contributed by atoms with Crippen LogP contribution in [0.5, 0.6) is 0 Å². The number of hydrogen-bond donors (Lipinski definition) is 1. The number of amides is 1. The van der Waals surface area contributed by atoms with Crippen LogP contribution in [0.25, 0.3) is 0 Å². The summed E-state index contributed by atoms with van der Waals surface area (Å²) >= 11 is 0. The number of aryl methyl sites for hydroxylation is 1. The summed E-state index contributed by atoms with van der Waals surface area (Å²) in [6.45, 7) is 5.98. The first kappa shape index (κ1) is 12.0. The van der Waals surface area contributed by atoms with Crippen LogP contribution < -0.4 is 5.32 Å². The molecule has 1 N–H and O–H groups in total. The fourth-order valence-corrected chi connectivity index (χ4v) is 2.35. The molecule has 2 aliphatic heterocycles. The zero-order chi connectivity index (χ0) is 13.4. The SMILES string of the molecule is CCCNC(=O)c1c(C)oc2c1C1=NCCN1C=N2. The first-order valence-electron chi connectivity index (χ1n) is 6.49. The highest BCUT2D eigenvalue weighted by atomic mass is 16.4. The van der Waals surface area contributed by atoms with E-state index in [2.05, 4.69) is 15.3 Å². The fraction of sp³-hybridized carbons (Fsp3) is 0.462. The van der Waals surface area contributed by atoms with Crippen molar-refractivity contribution >= 4 is 24.0 Å². The van der Waals surface area contributed by atoms with E-state index in [-0.39, 0.29) is 5.91 Å². The molecule has 3 rings (SSSR count). The molecular weight excluding hydrogens is 244 g/mol. The van der Waals surface area contributed by atoms with E-state index in [9.17, 15) is 4.79 Å². The molecule has 0 spiro atoms. The summed E-state index contributed by atoms with van der Waals surface area (Å²) in [6, 6.07) is 0. The third-order valence-corrected chi connectivity index (χ3v) is 3.24. The molecule has 0 atom stereocenters. The minimum atomic E-state index is -0.115. The molecule has 0 aliphatic carbocycles. The van der Waals surface area contributed by atoms with Gasteiger partial charge in [-0.2, -0.15) is 0 Å². The molecule has 100 valence electrons. The van der Waals surface area contributed by atoms with E-state index in [1.54, 1.807) is 13.3 Å². The summed E-state index contributed by atoms with van der Waals surface area (Å²) in [5.41, 5.74) is 1.29. The Balaban J connectivity index is 2.04. The summed E-state index contributed by atoms with van der Waals surface area (Å²) < 4.78 is 5.58. The van der Waals surface area contributed by atoms with Gasteiger partial charge in [0.25, 0.3) is 5.91 Å². The van der Waals surface area contributed by atoms with Crippen LogP contribution in [0.1, 0.15) is 35.0 Å². The largest absolute Gasteiger partial charge is 0.442 e. The second-order valence-corrected chi connectivity index (χ2v) is 4.61. The van der Waals surface area contributed by atoms with E-state index < -0.39 is 0 Å². The van der Waals surface area contributed by atoms with Crippen molar-refractivity contribution in [1.82, 2.24) is 10.2 Å². The van der Waals surface area contributed by atoms with Gasteiger partial charge in [-0.3, -0.25) is 9.79 Å². The van der Waals surface area contributed by atoms with Gasteiger partial charge in [0.2, 0.25) is 5.88 Å². The topological polar surface area (TPSA) is 70.2 Å².